The van der Waals surface area contributed by atoms with E-state index in [1.165, 1.54) is 12.1 Å². The van der Waals surface area contributed by atoms with E-state index in [9.17, 15) is 8.42 Å². The topological polar surface area (TPSA) is 98.6 Å². The van der Waals surface area contributed by atoms with Crippen LogP contribution in [0, 0.1) is 5.82 Å². The average Bonchev–Trinajstić information content (AvgIpc) is 3.30. The van der Waals surface area contributed by atoms with E-state index in [1.54, 1.807) is 30.6 Å². The molecular weight excluding hydrogens is 641 g/mol. The van der Waals surface area contributed by atoms with Crippen molar-refractivity contribution in [3.05, 3.63) is 70.7 Å². The van der Waals surface area contributed by atoms with Crippen LogP contribution >= 0.6 is 15.9 Å². The Labute approximate surface area is 255 Å². The molecule has 0 saturated carbocycles. The highest BCUT2D eigenvalue weighted by Gasteiger charge is 2.22. The van der Waals surface area contributed by atoms with Gasteiger partial charge >= 0.3 is 0 Å². The van der Waals surface area contributed by atoms with Gasteiger partial charge in [0.2, 0.25) is 10.0 Å². The van der Waals surface area contributed by atoms with Crippen LogP contribution in [0.5, 0.6) is 0 Å². The second-order valence-electron chi connectivity index (χ2n) is 11.5. The molecule has 2 aromatic carbocycles. The molecule has 0 radical (unpaired) electrons. The number of benzene rings is 2. The molecule has 9 nitrogen and oxygen atoms in total. The number of aromatic nitrogens is 3. The van der Waals surface area contributed by atoms with E-state index >= 15 is 4.39 Å². The lowest BCUT2D eigenvalue weighted by Crippen LogP contribution is -2.36. The predicted molar refractivity (Wildman–Crippen MR) is 170 cm³/mol. The average molecular weight is 677 g/mol. The zero-order valence-corrected chi connectivity index (χ0v) is 27.3. The van der Waals surface area contributed by atoms with Gasteiger partial charge in [-0.15, -0.1) is 0 Å². The molecule has 5 rings (SSSR count). The maximum atomic E-state index is 15.4. The minimum Gasteiger partial charge on any atom is -0.378 e. The fraction of sp³-hybridized carbons (Fsp3) is 0.379. The van der Waals surface area contributed by atoms with Gasteiger partial charge in [0, 0.05) is 37.8 Å². The second-order valence-corrected chi connectivity index (χ2v) is 19.8. The molecule has 4 aromatic rings. The van der Waals surface area contributed by atoms with Gasteiger partial charge in [-0.2, -0.15) is 0 Å². The van der Waals surface area contributed by atoms with E-state index < -0.39 is 23.9 Å². The van der Waals surface area contributed by atoms with E-state index in [0.717, 1.165) is 21.7 Å². The lowest BCUT2D eigenvalue weighted by Gasteiger charge is -2.28. The Morgan fingerprint density at radius 1 is 1.10 bits per heavy atom. The van der Waals surface area contributed by atoms with Crippen molar-refractivity contribution in [1.29, 1.82) is 0 Å². The van der Waals surface area contributed by atoms with Crippen molar-refractivity contribution in [2.45, 2.75) is 38.2 Å². The Balaban J connectivity index is 1.46. The molecule has 13 heteroatoms. The number of fused-ring (bicyclic) bond motifs is 1. The van der Waals surface area contributed by atoms with Crippen molar-refractivity contribution in [1.82, 2.24) is 14.5 Å². The number of morpholine rings is 1. The summed E-state index contributed by atoms with van der Waals surface area (Å²) < 4.78 is 57.8. The Morgan fingerprint density at radius 3 is 2.60 bits per heavy atom. The van der Waals surface area contributed by atoms with Crippen LogP contribution in [-0.2, 0) is 32.0 Å². The van der Waals surface area contributed by atoms with E-state index in [4.69, 9.17) is 9.47 Å². The van der Waals surface area contributed by atoms with Crippen LogP contribution in [-0.4, -0.2) is 63.9 Å². The molecule has 1 N–H and O–H groups in total. The van der Waals surface area contributed by atoms with Gasteiger partial charge in [0.1, 0.15) is 30.3 Å². The maximum absolute atomic E-state index is 15.4. The number of rotatable bonds is 11. The Bertz CT molecular complexity index is 1670. The minimum atomic E-state index is -3.85. The Kier molecular flexibility index (Phi) is 9.33. The van der Waals surface area contributed by atoms with Crippen molar-refractivity contribution in [3.8, 4) is 11.3 Å². The molecule has 0 bridgehead atoms. The van der Waals surface area contributed by atoms with E-state index in [0.29, 0.717) is 55.4 Å². The predicted octanol–water partition coefficient (Wildman–Crippen LogP) is 6.09. The highest BCUT2D eigenvalue weighted by molar-refractivity contribution is 9.10. The number of anilines is 2. The van der Waals surface area contributed by atoms with Crippen LogP contribution in [0.1, 0.15) is 5.56 Å². The standard InChI is InChI=1S/C29H35BrFN5O4SSi/c1-42(2,3)14-13-40-20-36-27(17-24-28(32-19-33-29(24)36)35-9-11-39-12-10-35)22-7-8-26(25(31)16-22)34-41(37,38)18-21-5-4-6-23(30)15-21/h4-8,15-17,19,34H,9-14,18,20H2,1-3H3. The monoisotopic (exact) mass is 675 g/mol. The molecule has 0 amide bonds. The van der Waals surface area contributed by atoms with Crippen molar-refractivity contribution >= 4 is 56.6 Å². The smallest absolute Gasteiger partial charge is 0.237 e. The van der Waals surface area contributed by atoms with Crippen LogP contribution in [0.25, 0.3) is 22.3 Å². The molecule has 1 aliphatic rings. The fourth-order valence-electron chi connectivity index (χ4n) is 4.79. The zero-order valence-electron chi connectivity index (χ0n) is 23.9. The molecule has 224 valence electrons. The van der Waals surface area contributed by atoms with Crippen molar-refractivity contribution in [2.75, 3.05) is 42.5 Å². The number of sulfonamides is 1. The van der Waals surface area contributed by atoms with Crippen LogP contribution in [0.2, 0.25) is 25.7 Å². The van der Waals surface area contributed by atoms with Crippen LogP contribution in [0.4, 0.5) is 15.9 Å². The fourth-order valence-corrected chi connectivity index (χ4v) is 7.18. The van der Waals surface area contributed by atoms with Gasteiger partial charge in [-0.3, -0.25) is 4.72 Å². The quantitative estimate of drug-likeness (QED) is 0.152. The minimum absolute atomic E-state index is 0.114. The molecule has 42 heavy (non-hydrogen) atoms. The summed E-state index contributed by atoms with van der Waals surface area (Å²) in [7, 11) is -5.13. The van der Waals surface area contributed by atoms with Crippen molar-refractivity contribution < 1.29 is 22.3 Å². The second kappa shape index (κ2) is 12.8. The van der Waals surface area contributed by atoms with Gasteiger partial charge in [0.15, 0.2) is 0 Å². The zero-order chi connectivity index (χ0) is 29.9. The van der Waals surface area contributed by atoms with Crippen LogP contribution < -0.4 is 9.62 Å². The Morgan fingerprint density at radius 2 is 1.88 bits per heavy atom. The summed E-state index contributed by atoms with van der Waals surface area (Å²) in [4.78, 5) is 11.3. The molecule has 1 aliphatic heterocycles. The summed E-state index contributed by atoms with van der Waals surface area (Å²) in [5.41, 5.74) is 2.44. The first-order valence-corrected chi connectivity index (χ1v) is 19.9. The number of hydrogen-bond donors (Lipinski definition) is 1. The summed E-state index contributed by atoms with van der Waals surface area (Å²) in [5, 5.41) is 0.836. The van der Waals surface area contributed by atoms with Crippen molar-refractivity contribution in [2.24, 2.45) is 0 Å². The molecular formula is C29H35BrFN5O4SSi. The summed E-state index contributed by atoms with van der Waals surface area (Å²) in [6.07, 6.45) is 1.54. The summed E-state index contributed by atoms with van der Waals surface area (Å²) >= 11 is 3.35. The molecule has 1 saturated heterocycles. The molecule has 0 unspecified atom stereocenters. The first-order valence-electron chi connectivity index (χ1n) is 13.8. The third-order valence-corrected chi connectivity index (χ3v) is 10.4. The number of ether oxygens (including phenoxy) is 2. The molecule has 3 heterocycles. The number of nitrogens with zero attached hydrogens (tertiary/aromatic N) is 4. The lowest BCUT2D eigenvalue weighted by molar-refractivity contribution is 0.0909. The van der Waals surface area contributed by atoms with Crippen molar-refractivity contribution in [3.63, 3.8) is 0 Å². The maximum Gasteiger partial charge on any atom is 0.237 e. The van der Waals surface area contributed by atoms with E-state index in [1.807, 2.05) is 16.7 Å². The van der Waals surface area contributed by atoms with Gasteiger partial charge < -0.3 is 18.9 Å². The first kappa shape index (κ1) is 30.6. The van der Waals surface area contributed by atoms with E-state index in [-0.39, 0.29) is 18.2 Å². The number of halogens is 2. The normalized spacial score (nSPS) is 14.5. The van der Waals surface area contributed by atoms with Gasteiger partial charge in [0.05, 0.1) is 35.7 Å². The molecule has 0 atom stereocenters. The summed E-state index contributed by atoms with van der Waals surface area (Å²) in [6.45, 7) is 10.4. The van der Waals surface area contributed by atoms with Crippen LogP contribution in [0.15, 0.2) is 59.3 Å². The third-order valence-electron chi connectivity index (χ3n) is 6.97. The number of nitrogens with one attached hydrogen (secondary N) is 1. The molecule has 2 aromatic heterocycles. The molecule has 0 spiro atoms. The van der Waals surface area contributed by atoms with Crippen LogP contribution in [0.3, 0.4) is 0 Å². The van der Waals surface area contributed by atoms with Gasteiger partial charge in [-0.25, -0.2) is 22.8 Å². The number of hydrogen-bond acceptors (Lipinski definition) is 7. The molecule has 0 aliphatic carbocycles. The largest absolute Gasteiger partial charge is 0.378 e. The van der Waals surface area contributed by atoms with Gasteiger partial charge in [0.25, 0.3) is 0 Å². The van der Waals surface area contributed by atoms with Gasteiger partial charge in [-0.1, -0.05) is 53.8 Å². The first-order chi connectivity index (χ1) is 20.0. The molecule has 1 fully saturated rings. The third kappa shape index (κ3) is 7.56. The SMILES string of the molecule is C[Si](C)(C)CCOCn1c(-c2ccc(NS(=O)(=O)Cc3cccc(Br)c3)c(F)c2)cc2c(N3CCOCC3)ncnc21. The lowest BCUT2D eigenvalue weighted by atomic mass is 10.1. The van der Waals surface area contributed by atoms with E-state index in [2.05, 4.69) is 55.2 Å². The van der Waals surface area contributed by atoms with Gasteiger partial charge in [-0.05, 0) is 41.9 Å². The highest BCUT2D eigenvalue weighted by atomic mass is 79.9. The highest BCUT2D eigenvalue weighted by Crippen LogP contribution is 2.34. The Hall–Kier alpha value is -2.84. The summed E-state index contributed by atoms with van der Waals surface area (Å²) in [6, 6.07) is 14.5. The summed E-state index contributed by atoms with van der Waals surface area (Å²) in [5.74, 6) is -0.163.